The van der Waals surface area contributed by atoms with Crippen LogP contribution in [0.15, 0.2) is 17.9 Å². The maximum Gasteiger partial charge on any atom is 0.356 e. The summed E-state index contributed by atoms with van der Waals surface area (Å²) >= 11 is 1.43. The van der Waals surface area contributed by atoms with Crippen LogP contribution in [-0.4, -0.2) is 36.2 Å². The molecule has 0 atom stereocenters. The van der Waals surface area contributed by atoms with Gasteiger partial charge in [0, 0.05) is 0 Å². The second kappa shape index (κ2) is 4.61. The molecule has 0 radical (unpaired) electrons. The molecule has 96 valence electrons. The summed E-state index contributed by atoms with van der Waals surface area (Å²) in [6.07, 6.45) is 1.46. The van der Waals surface area contributed by atoms with E-state index >= 15 is 0 Å². The highest BCUT2D eigenvalue weighted by molar-refractivity contribution is 7.16. The summed E-state index contributed by atoms with van der Waals surface area (Å²) in [6, 6.07) is 1.47. The Morgan fingerprint density at radius 1 is 1.42 bits per heavy atom. The molecule has 0 fully saturated rings. The van der Waals surface area contributed by atoms with Crippen molar-refractivity contribution >= 4 is 33.5 Å². The Morgan fingerprint density at radius 3 is 3.11 bits per heavy atom. The van der Waals surface area contributed by atoms with Crippen LogP contribution in [0.25, 0.3) is 10.3 Å². The molecule has 19 heavy (non-hydrogen) atoms. The molecule has 3 N–H and O–H groups in total. The lowest BCUT2D eigenvalue weighted by Crippen LogP contribution is -2.02. The van der Waals surface area contributed by atoms with Gasteiger partial charge in [0.05, 0.1) is 17.7 Å². The van der Waals surface area contributed by atoms with Crippen LogP contribution in [0.5, 0.6) is 0 Å². The van der Waals surface area contributed by atoms with E-state index in [4.69, 9.17) is 5.11 Å². The van der Waals surface area contributed by atoms with Crippen molar-refractivity contribution in [2.45, 2.75) is 6.54 Å². The summed E-state index contributed by atoms with van der Waals surface area (Å²) < 4.78 is 0. The lowest BCUT2D eigenvalue weighted by molar-refractivity contribution is 0.0690. The zero-order chi connectivity index (χ0) is 13.2. The minimum absolute atomic E-state index is 0.0155. The molecule has 0 saturated heterocycles. The van der Waals surface area contributed by atoms with Gasteiger partial charge in [-0.05, 0) is 6.07 Å². The first-order valence-corrected chi connectivity index (χ1v) is 6.17. The van der Waals surface area contributed by atoms with Gasteiger partial charge in [-0.25, -0.2) is 19.7 Å². The Hall–Kier alpha value is -2.55. The van der Waals surface area contributed by atoms with Gasteiger partial charge in [-0.3, -0.25) is 5.10 Å². The van der Waals surface area contributed by atoms with E-state index in [0.717, 1.165) is 4.83 Å². The zero-order valence-electron chi connectivity index (χ0n) is 9.49. The van der Waals surface area contributed by atoms with Gasteiger partial charge in [-0.15, -0.1) is 11.3 Å². The van der Waals surface area contributed by atoms with Crippen molar-refractivity contribution < 1.29 is 9.90 Å². The third kappa shape index (κ3) is 2.22. The Balaban J connectivity index is 1.78. The fourth-order valence-electron chi connectivity index (χ4n) is 1.56. The monoisotopic (exact) mass is 276 g/mol. The van der Waals surface area contributed by atoms with Gasteiger partial charge in [-0.2, -0.15) is 5.10 Å². The first kappa shape index (κ1) is 11.5. The van der Waals surface area contributed by atoms with Crippen LogP contribution in [0.3, 0.4) is 0 Å². The maximum atomic E-state index is 10.7. The molecule has 0 amide bonds. The molecule has 0 spiro atoms. The largest absolute Gasteiger partial charge is 0.476 e. The number of H-pyrrole nitrogens is 1. The third-order valence-corrected chi connectivity index (χ3v) is 3.16. The smallest absolute Gasteiger partial charge is 0.356 e. The van der Waals surface area contributed by atoms with Crippen molar-refractivity contribution in [1.29, 1.82) is 0 Å². The van der Waals surface area contributed by atoms with Gasteiger partial charge in [0.1, 0.15) is 16.7 Å². The molecule has 3 aromatic rings. The van der Waals surface area contributed by atoms with Crippen molar-refractivity contribution in [2.24, 2.45) is 0 Å². The summed E-state index contributed by atoms with van der Waals surface area (Å²) in [5, 5.41) is 18.2. The first-order chi connectivity index (χ1) is 9.24. The molecule has 3 rings (SSSR count). The predicted octanol–water partition coefficient (Wildman–Crippen LogP) is 1.12. The van der Waals surface area contributed by atoms with Gasteiger partial charge in [0.25, 0.3) is 0 Å². The number of aromatic nitrogens is 5. The quantitative estimate of drug-likeness (QED) is 0.653. The predicted molar refractivity (Wildman–Crippen MR) is 68.1 cm³/mol. The van der Waals surface area contributed by atoms with E-state index in [9.17, 15) is 4.79 Å². The molecule has 0 aliphatic carbocycles. The summed E-state index contributed by atoms with van der Waals surface area (Å²) in [5.41, 5.74) is 3.03. The standard InChI is InChI=1S/C10H8N6O2S/c17-10(18)6-1-5(15-16-6)2-11-8-7-9(13-3-12-8)19-4-14-7/h1,3-4H,2H2,(H,15,16)(H,17,18)(H,11,12,13). The van der Waals surface area contributed by atoms with Crippen molar-refractivity contribution in [3.05, 3.63) is 29.3 Å². The van der Waals surface area contributed by atoms with Crippen molar-refractivity contribution in [2.75, 3.05) is 5.32 Å². The van der Waals surface area contributed by atoms with Gasteiger partial charge in [0.2, 0.25) is 0 Å². The van der Waals surface area contributed by atoms with Gasteiger partial charge in [-0.1, -0.05) is 0 Å². The number of rotatable bonds is 4. The number of thiazole rings is 1. The lowest BCUT2D eigenvalue weighted by Gasteiger charge is -2.03. The molecular weight excluding hydrogens is 268 g/mol. The van der Waals surface area contributed by atoms with E-state index < -0.39 is 5.97 Å². The van der Waals surface area contributed by atoms with E-state index in [1.54, 1.807) is 5.51 Å². The summed E-state index contributed by atoms with van der Waals surface area (Å²) in [6.45, 7) is 0.379. The Morgan fingerprint density at radius 2 is 2.32 bits per heavy atom. The first-order valence-electron chi connectivity index (χ1n) is 5.29. The van der Waals surface area contributed by atoms with Crippen LogP contribution in [-0.2, 0) is 6.54 Å². The number of nitrogens with zero attached hydrogens (tertiary/aromatic N) is 4. The second-order valence-electron chi connectivity index (χ2n) is 3.67. The Labute approximate surface area is 110 Å². The van der Waals surface area contributed by atoms with Gasteiger partial charge in [0.15, 0.2) is 11.5 Å². The fraction of sp³-hybridized carbons (Fsp3) is 0.100. The normalized spacial score (nSPS) is 10.7. The van der Waals surface area contributed by atoms with Crippen LogP contribution in [0.4, 0.5) is 5.82 Å². The highest BCUT2D eigenvalue weighted by Crippen LogP contribution is 2.20. The Kier molecular flexibility index (Phi) is 2.80. The molecular formula is C10H8N6O2S. The number of carbonyl (C=O) groups is 1. The molecule has 0 aliphatic rings. The van der Waals surface area contributed by atoms with E-state index in [1.807, 2.05) is 0 Å². The molecule has 0 saturated carbocycles. The number of fused-ring (bicyclic) bond motifs is 1. The highest BCUT2D eigenvalue weighted by atomic mass is 32.1. The van der Waals surface area contributed by atoms with Gasteiger partial charge >= 0.3 is 5.97 Å². The topological polar surface area (TPSA) is 117 Å². The second-order valence-corrected chi connectivity index (χ2v) is 4.50. The number of carboxylic acid groups (broad SMARTS) is 1. The Bertz CT molecular complexity index is 736. The maximum absolute atomic E-state index is 10.7. The average molecular weight is 276 g/mol. The number of anilines is 1. The fourth-order valence-corrected chi connectivity index (χ4v) is 2.19. The van der Waals surface area contributed by atoms with Crippen LogP contribution in [0.1, 0.15) is 16.2 Å². The summed E-state index contributed by atoms with van der Waals surface area (Å²) in [5.74, 6) is -0.454. The molecule has 8 nitrogen and oxygen atoms in total. The van der Waals surface area contributed by atoms with Crippen molar-refractivity contribution in [1.82, 2.24) is 25.1 Å². The molecule has 0 aliphatic heterocycles. The van der Waals surface area contributed by atoms with Crippen LogP contribution < -0.4 is 5.32 Å². The molecule has 0 unspecified atom stereocenters. The number of carboxylic acids is 1. The average Bonchev–Trinajstić information content (AvgIpc) is 3.05. The number of hydrogen-bond donors (Lipinski definition) is 3. The number of hydrogen-bond acceptors (Lipinski definition) is 7. The van der Waals surface area contributed by atoms with E-state index in [2.05, 4.69) is 30.5 Å². The minimum Gasteiger partial charge on any atom is -0.476 e. The third-order valence-electron chi connectivity index (χ3n) is 2.43. The lowest BCUT2D eigenvalue weighted by atomic mass is 10.3. The molecule has 9 heteroatoms. The number of aromatic amines is 1. The molecule has 0 aromatic carbocycles. The number of aromatic carboxylic acids is 1. The van der Waals surface area contributed by atoms with Gasteiger partial charge < -0.3 is 10.4 Å². The highest BCUT2D eigenvalue weighted by Gasteiger charge is 2.09. The van der Waals surface area contributed by atoms with Crippen LogP contribution >= 0.6 is 11.3 Å². The molecule has 3 heterocycles. The van der Waals surface area contributed by atoms with E-state index in [1.165, 1.54) is 23.7 Å². The summed E-state index contributed by atoms with van der Waals surface area (Å²) in [7, 11) is 0. The summed E-state index contributed by atoms with van der Waals surface area (Å²) in [4.78, 5) is 23.9. The van der Waals surface area contributed by atoms with E-state index in [0.29, 0.717) is 23.6 Å². The van der Waals surface area contributed by atoms with Crippen molar-refractivity contribution in [3.63, 3.8) is 0 Å². The van der Waals surface area contributed by atoms with Crippen LogP contribution in [0, 0.1) is 0 Å². The minimum atomic E-state index is -1.06. The molecule has 0 bridgehead atoms. The van der Waals surface area contributed by atoms with Crippen LogP contribution in [0.2, 0.25) is 0 Å². The van der Waals surface area contributed by atoms with E-state index in [-0.39, 0.29) is 5.69 Å². The SMILES string of the molecule is O=C(O)c1cc(CNc2ncnc3scnc23)[nH]n1. The zero-order valence-corrected chi connectivity index (χ0v) is 10.3. The number of nitrogens with one attached hydrogen (secondary N) is 2. The van der Waals surface area contributed by atoms with Crippen molar-refractivity contribution in [3.8, 4) is 0 Å². The molecule has 3 aromatic heterocycles.